The summed E-state index contributed by atoms with van der Waals surface area (Å²) in [5.41, 5.74) is 0. The first-order chi connectivity index (χ1) is 7.22. The minimum absolute atomic E-state index is 0.254. The van der Waals surface area contributed by atoms with Gasteiger partial charge in [0.2, 0.25) is 0 Å². The van der Waals surface area contributed by atoms with Gasteiger partial charge in [-0.3, -0.25) is 9.18 Å². The summed E-state index contributed by atoms with van der Waals surface area (Å²) in [6.07, 6.45) is 3.88. The van der Waals surface area contributed by atoms with E-state index >= 15 is 0 Å². The summed E-state index contributed by atoms with van der Waals surface area (Å²) >= 11 is 0. The van der Waals surface area contributed by atoms with Crippen LogP contribution in [0.25, 0.3) is 0 Å². The number of carboxylic acid groups (broad SMARTS) is 1. The van der Waals surface area contributed by atoms with Gasteiger partial charge in [-0.05, 0) is 38.1 Å². The van der Waals surface area contributed by atoms with Gasteiger partial charge in [0, 0.05) is 19.5 Å². The van der Waals surface area contributed by atoms with E-state index in [0.29, 0.717) is 12.3 Å². The van der Waals surface area contributed by atoms with Gasteiger partial charge < -0.3 is 10.0 Å². The predicted octanol–water partition coefficient (Wildman–Crippen LogP) is 1.92. The summed E-state index contributed by atoms with van der Waals surface area (Å²) in [5.74, 6) is -0.217. The third kappa shape index (κ3) is 5.11. The molecule has 88 valence electrons. The van der Waals surface area contributed by atoms with Crippen LogP contribution >= 0.6 is 0 Å². The molecule has 1 aliphatic heterocycles. The van der Waals surface area contributed by atoms with Gasteiger partial charge in [0.15, 0.2) is 0 Å². The summed E-state index contributed by atoms with van der Waals surface area (Å²) in [6.45, 7) is 2.56. The SMILES string of the molecule is O=C(O)CCC1CCCN(CCCF)C1. The molecule has 0 amide bonds. The molecule has 0 aromatic rings. The fraction of sp³-hybridized carbons (Fsp3) is 0.909. The highest BCUT2D eigenvalue weighted by Crippen LogP contribution is 2.20. The number of carboxylic acids is 1. The quantitative estimate of drug-likeness (QED) is 0.739. The molecule has 1 atom stereocenters. The van der Waals surface area contributed by atoms with E-state index < -0.39 is 5.97 Å². The third-order valence-electron chi connectivity index (χ3n) is 2.98. The van der Waals surface area contributed by atoms with Crippen molar-refractivity contribution in [3.8, 4) is 0 Å². The van der Waals surface area contributed by atoms with Crippen molar-refractivity contribution in [2.45, 2.75) is 32.1 Å². The van der Waals surface area contributed by atoms with Crippen LogP contribution in [0, 0.1) is 5.92 Å². The Bertz CT molecular complexity index is 199. The van der Waals surface area contributed by atoms with Gasteiger partial charge >= 0.3 is 5.97 Å². The van der Waals surface area contributed by atoms with E-state index in [1.807, 2.05) is 0 Å². The van der Waals surface area contributed by atoms with Crippen LogP contribution in [0.3, 0.4) is 0 Å². The van der Waals surface area contributed by atoms with Crippen molar-refractivity contribution in [2.75, 3.05) is 26.3 Å². The van der Waals surface area contributed by atoms with Gasteiger partial charge in [0.25, 0.3) is 0 Å². The largest absolute Gasteiger partial charge is 0.481 e. The second kappa shape index (κ2) is 6.77. The number of hydrogen-bond acceptors (Lipinski definition) is 2. The first-order valence-corrected chi connectivity index (χ1v) is 5.72. The minimum atomic E-state index is -0.712. The Hall–Kier alpha value is -0.640. The number of piperidine rings is 1. The number of carbonyl (C=O) groups is 1. The number of alkyl halides is 1. The Labute approximate surface area is 90.3 Å². The highest BCUT2D eigenvalue weighted by Gasteiger charge is 2.19. The molecule has 0 aromatic carbocycles. The number of halogens is 1. The Balaban J connectivity index is 2.19. The van der Waals surface area contributed by atoms with E-state index in [4.69, 9.17) is 5.11 Å². The lowest BCUT2D eigenvalue weighted by atomic mass is 9.93. The van der Waals surface area contributed by atoms with E-state index in [0.717, 1.165) is 38.9 Å². The van der Waals surface area contributed by atoms with Crippen LogP contribution in [0.5, 0.6) is 0 Å². The topological polar surface area (TPSA) is 40.5 Å². The zero-order valence-corrected chi connectivity index (χ0v) is 9.12. The second-order valence-corrected chi connectivity index (χ2v) is 4.28. The first kappa shape index (κ1) is 12.4. The van der Waals surface area contributed by atoms with Crippen molar-refractivity contribution >= 4 is 5.97 Å². The van der Waals surface area contributed by atoms with Crippen LogP contribution in [-0.4, -0.2) is 42.3 Å². The maximum Gasteiger partial charge on any atom is 0.303 e. The van der Waals surface area contributed by atoms with Crippen LogP contribution in [0.15, 0.2) is 0 Å². The zero-order chi connectivity index (χ0) is 11.1. The van der Waals surface area contributed by atoms with E-state index in [9.17, 15) is 9.18 Å². The molecule has 1 heterocycles. The summed E-state index contributed by atoms with van der Waals surface area (Å²) < 4.78 is 12.0. The number of rotatable bonds is 6. The number of nitrogens with zero attached hydrogens (tertiary/aromatic N) is 1. The summed E-state index contributed by atoms with van der Waals surface area (Å²) in [5, 5.41) is 8.59. The third-order valence-corrected chi connectivity index (χ3v) is 2.98. The molecule has 1 fully saturated rings. The van der Waals surface area contributed by atoms with Gasteiger partial charge in [-0.15, -0.1) is 0 Å². The Kier molecular flexibility index (Phi) is 5.61. The van der Waals surface area contributed by atoms with Crippen LogP contribution in [0.1, 0.15) is 32.1 Å². The molecule has 0 spiro atoms. The highest BCUT2D eigenvalue weighted by atomic mass is 19.1. The minimum Gasteiger partial charge on any atom is -0.481 e. The lowest BCUT2D eigenvalue weighted by Gasteiger charge is -2.32. The van der Waals surface area contributed by atoms with Crippen molar-refractivity contribution in [3.05, 3.63) is 0 Å². The maximum absolute atomic E-state index is 12.0. The maximum atomic E-state index is 12.0. The molecular weight excluding hydrogens is 197 g/mol. The van der Waals surface area contributed by atoms with Crippen molar-refractivity contribution in [2.24, 2.45) is 5.92 Å². The molecule has 15 heavy (non-hydrogen) atoms. The fourth-order valence-electron chi connectivity index (χ4n) is 2.20. The average molecular weight is 217 g/mol. The zero-order valence-electron chi connectivity index (χ0n) is 9.12. The summed E-state index contributed by atoms with van der Waals surface area (Å²) in [4.78, 5) is 12.7. The molecule has 0 bridgehead atoms. The number of aliphatic carboxylic acids is 1. The predicted molar refractivity (Wildman–Crippen MR) is 56.6 cm³/mol. The number of hydrogen-bond donors (Lipinski definition) is 1. The van der Waals surface area contributed by atoms with Crippen LogP contribution < -0.4 is 0 Å². The molecule has 3 nitrogen and oxygen atoms in total. The van der Waals surface area contributed by atoms with Gasteiger partial charge in [-0.2, -0.15) is 0 Å². The molecule has 1 unspecified atom stereocenters. The van der Waals surface area contributed by atoms with Crippen LogP contribution in [0.4, 0.5) is 4.39 Å². The molecular formula is C11H20FNO2. The molecule has 0 aromatic heterocycles. The highest BCUT2D eigenvalue weighted by molar-refractivity contribution is 5.66. The Morgan fingerprint density at radius 3 is 3.00 bits per heavy atom. The molecule has 0 aliphatic carbocycles. The second-order valence-electron chi connectivity index (χ2n) is 4.28. The Morgan fingerprint density at radius 1 is 1.53 bits per heavy atom. The number of likely N-dealkylation sites (tertiary alicyclic amines) is 1. The molecule has 4 heteroatoms. The summed E-state index contributed by atoms with van der Waals surface area (Å²) in [6, 6.07) is 0. The van der Waals surface area contributed by atoms with Crippen molar-refractivity contribution in [1.82, 2.24) is 4.90 Å². The molecule has 0 saturated carbocycles. The van der Waals surface area contributed by atoms with E-state index in [2.05, 4.69) is 4.90 Å². The standard InChI is InChI=1S/C11H20FNO2/c12-6-2-8-13-7-1-3-10(9-13)4-5-11(14)15/h10H,1-9H2,(H,14,15). The monoisotopic (exact) mass is 217 g/mol. The van der Waals surface area contributed by atoms with Crippen LogP contribution in [0.2, 0.25) is 0 Å². The van der Waals surface area contributed by atoms with Crippen molar-refractivity contribution < 1.29 is 14.3 Å². The van der Waals surface area contributed by atoms with Crippen LogP contribution in [-0.2, 0) is 4.79 Å². The smallest absolute Gasteiger partial charge is 0.303 e. The van der Waals surface area contributed by atoms with Crippen molar-refractivity contribution in [3.63, 3.8) is 0 Å². The molecule has 0 radical (unpaired) electrons. The normalized spacial score (nSPS) is 22.9. The lowest BCUT2D eigenvalue weighted by Crippen LogP contribution is -2.36. The van der Waals surface area contributed by atoms with Gasteiger partial charge in [-0.1, -0.05) is 0 Å². The summed E-state index contributed by atoms with van der Waals surface area (Å²) in [7, 11) is 0. The Morgan fingerprint density at radius 2 is 2.33 bits per heavy atom. The van der Waals surface area contributed by atoms with E-state index in [1.54, 1.807) is 0 Å². The molecule has 1 rings (SSSR count). The van der Waals surface area contributed by atoms with Gasteiger partial charge in [0.05, 0.1) is 6.67 Å². The van der Waals surface area contributed by atoms with Gasteiger partial charge in [0.1, 0.15) is 0 Å². The lowest BCUT2D eigenvalue weighted by molar-refractivity contribution is -0.137. The molecule has 1 saturated heterocycles. The van der Waals surface area contributed by atoms with Crippen molar-refractivity contribution in [1.29, 1.82) is 0 Å². The first-order valence-electron chi connectivity index (χ1n) is 5.72. The van der Waals surface area contributed by atoms with E-state index in [1.165, 1.54) is 0 Å². The average Bonchev–Trinajstić information content (AvgIpc) is 2.24. The molecule has 1 N–H and O–H groups in total. The molecule has 1 aliphatic rings. The van der Waals surface area contributed by atoms with E-state index in [-0.39, 0.29) is 13.1 Å². The fourth-order valence-corrected chi connectivity index (χ4v) is 2.20. The van der Waals surface area contributed by atoms with Gasteiger partial charge in [-0.25, -0.2) is 0 Å².